The Morgan fingerprint density at radius 1 is 1.47 bits per heavy atom. The van der Waals surface area contributed by atoms with Gasteiger partial charge in [-0.3, -0.25) is 0 Å². The van der Waals surface area contributed by atoms with Crippen molar-refractivity contribution >= 4 is 11.5 Å². The first-order valence-electron chi connectivity index (χ1n) is 6.79. The lowest BCUT2D eigenvalue weighted by molar-refractivity contribution is 0.302. The quantitative estimate of drug-likeness (QED) is 0.798. The summed E-state index contributed by atoms with van der Waals surface area (Å²) >= 11 is 0. The standard InChI is InChI=1S/C13H24N4/c1-3-9-17-13(12(14)10(2)16-17)15-8-7-11-5-4-6-11/h11,15H,3-9,14H2,1-2H3. The molecule has 1 heterocycles. The van der Waals surface area contributed by atoms with Crippen LogP contribution in [0.15, 0.2) is 0 Å². The fraction of sp³-hybridized carbons (Fsp3) is 0.769. The zero-order valence-electron chi connectivity index (χ0n) is 11.0. The predicted octanol–water partition coefficient (Wildman–Crippen LogP) is 2.79. The van der Waals surface area contributed by atoms with Gasteiger partial charge in [0.1, 0.15) is 5.82 Å². The van der Waals surface area contributed by atoms with E-state index in [9.17, 15) is 0 Å². The molecule has 4 heteroatoms. The number of hydrogen-bond donors (Lipinski definition) is 2. The lowest BCUT2D eigenvalue weighted by Gasteiger charge is -2.25. The fourth-order valence-corrected chi connectivity index (χ4v) is 2.33. The van der Waals surface area contributed by atoms with Gasteiger partial charge in [-0.05, 0) is 25.7 Å². The molecule has 17 heavy (non-hydrogen) atoms. The van der Waals surface area contributed by atoms with Crippen LogP contribution in [0.25, 0.3) is 0 Å². The van der Waals surface area contributed by atoms with Crippen LogP contribution in [0.2, 0.25) is 0 Å². The molecule has 0 saturated heterocycles. The number of aryl methyl sites for hydroxylation is 2. The van der Waals surface area contributed by atoms with Gasteiger partial charge in [0.15, 0.2) is 0 Å². The lowest BCUT2D eigenvalue weighted by Crippen LogP contribution is -2.17. The summed E-state index contributed by atoms with van der Waals surface area (Å²) in [5, 5.41) is 7.92. The molecule has 0 aliphatic heterocycles. The molecule has 0 aromatic carbocycles. The molecule has 3 N–H and O–H groups in total. The first-order chi connectivity index (χ1) is 8.22. The Labute approximate surface area is 104 Å². The van der Waals surface area contributed by atoms with Gasteiger partial charge in [-0.2, -0.15) is 5.10 Å². The second kappa shape index (κ2) is 5.43. The molecular formula is C13H24N4. The van der Waals surface area contributed by atoms with E-state index in [0.717, 1.165) is 42.6 Å². The molecule has 1 aromatic heterocycles. The summed E-state index contributed by atoms with van der Waals surface area (Å²) in [6.45, 7) is 6.08. The highest BCUT2D eigenvalue weighted by Crippen LogP contribution is 2.29. The summed E-state index contributed by atoms with van der Waals surface area (Å²) in [6, 6.07) is 0. The molecule has 0 amide bonds. The van der Waals surface area contributed by atoms with Gasteiger partial charge in [0.2, 0.25) is 0 Å². The van der Waals surface area contributed by atoms with Gasteiger partial charge in [0.05, 0.1) is 11.4 Å². The number of anilines is 2. The van der Waals surface area contributed by atoms with Crippen molar-refractivity contribution in [2.24, 2.45) is 5.92 Å². The third-order valence-electron chi connectivity index (χ3n) is 3.68. The summed E-state index contributed by atoms with van der Waals surface area (Å²) in [7, 11) is 0. The predicted molar refractivity (Wildman–Crippen MR) is 72.1 cm³/mol. The Kier molecular flexibility index (Phi) is 3.92. The van der Waals surface area contributed by atoms with E-state index in [1.54, 1.807) is 0 Å². The van der Waals surface area contributed by atoms with Crippen molar-refractivity contribution in [3.63, 3.8) is 0 Å². The Morgan fingerprint density at radius 2 is 2.24 bits per heavy atom. The van der Waals surface area contributed by atoms with Gasteiger partial charge >= 0.3 is 0 Å². The molecule has 4 nitrogen and oxygen atoms in total. The minimum absolute atomic E-state index is 0.812. The minimum Gasteiger partial charge on any atom is -0.394 e. The van der Waals surface area contributed by atoms with Crippen molar-refractivity contribution in [3.8, 4) is 0 Å². The zero-order chi connectivity index (χ0) is 12.3. The summed E-state index contributed by atoms with van der Waals surface area (Å²) in [6.07, 6.45) is 6.57. The molecular weight excluding hydrogens is 212 g/mol. The van der Waals surface area contributed by atoms with Crippen LogP contribution in [0.5, 0.6) is 0 Å². The van der Waals surface area contributed by atoms with Crippen LogP contribution in [-0.4, -0.2) is 16.3 Å². The van der Waals surface area contributed by atoms with E-state index in [1.165, 1.54) is 25.7 Å². The molecule has 0 atom stereocenters. The van der Waals surface area contributed by atoms with E-state index in [0.29, 0.717) is 0 Å². The molecule has 1 fully saturated rings. The average Bonchev–Trinajstić information content (AvgIpc) is 2.49. The van der Waals surface area contributed by atoms with E-state index in [4.69, 9.17) is 5.73 Å². The van der Waals surface area contributed by atoms with Crippen molar-refractivity contribution in [3.05, 3.63) is 5.69 Å². The van der Waals surface area contributed by atoms with Crippen molar-refractivity contribution in [2.75, 3.05) is 17.6 Å². The van der Waals surface area contributed by atoms with Gasteiger partial charge in [-0.15, -0.1) is 0 Å². The third kappa shape index (κ3) is 2.73. The minimum atomic E-state index is 0.812. The van der Waals surface area contributed by atoms with Crippen LogP contribution >= 0.6 is 0 Å². The monoisotopic (exact) mass is 236 g/mol. The van der Waals surface area contributed by atoms with Gasteiger partial charge in [0, 0.05) is 13.1 Å². The Bertz CT molecular complexity index is 366. The highest BCUT2D eigenvalue weighted by Gasteiger charge is 2.17. The van der Waals surface area contributed by atoms with Gasteiger partial charge < -0.3 is 11.1 Å². The lowest BCUT2D eigenvalue weighted by atomic mass is 9.83. The largest absolute Gasteiger partial charge is 0.394 e. The molecule has 1 aliphatic carbocycles. The van der Waals surface area contributed by atoms with Gasteiger partial charge in [-0.25, -0.2) is 4.68 Å². The van der Waals surface area contributed by atoms with Crippen molar-refractivity contribution in [1.29, 1.82) is 0 Å². The second-order valence-corrected chi connectivity index (χ2v) is 5.08. The number of rotatable bonds is 6. The SMILES string of the molecule is CCCn1nc(C)c(N)c1NCCC1CCC1. The Morgan fingerprint density at radius 3 is 2.82 bits per heavy atom. The van der Waals surface area contributed by atoms with E-state index < -0.39 is 0 Å². The van der Waals surface area contributed by atoms with E-state index in [2.05, 4.69) is 17.3 Å². The number of nitrogens with two attached hydrogens (primary N) is 1. The summed E-state index contributed by atoms with van der Waals surface area (Å²) in [4.78, 5) is 0. The van der Waals surface area contributed by atoms with Crippen LogP contribution in [0, 0.1) is 12.8 Å². The molecule has 0 unspecified atom stereocenters. The van der Waals surface area contributed by atoms with Crippen LogP contribution < -0.4 is 11.1 Å². The van der Waals surface area contributed by atoms with Crippen LogP contribution in [-0.2, 0) is 6.54 Å². The van der Waals surface area contributed by atoms with E-state index in [1.807, 2.05) is 11.6 Å². The molecule has 1 aliphatic rings. The van der Waals surface area contributed by atoms with E-state index in [-0.39, 0.29) is 0 Å². The molecule has 0 spiro atoms. The third-order valence-corrected chi connectivity index (χ3v) is 3.68. The summed E-state index contributed by atoms with van der Waals surface area (Å²) in [5.41, 5.74) is 7.80. The normalized spacial score (nSPS) is 15.9. The molecule has 2 rings (SSSR count). The topological polar surface area (TPSA) is 55.9 Å². The van der Waals surface area contributed by atoms with Crippen LogP contribution in [0.4, 0.5) is 11.5 Å². The first kappa shape index (κ1) is 12.3. The number of aromatic nitrogens is 2. The molecule has 0 radical (unpaired) electrons. The molecule has 1 saturated carbocycles. The maximum Gasteiger partial charge on any atom is 0.148 e. The molecule has 96 valence electrons. The van der Waals surface area contributed by atoms with Crippen molar-refractivity contribution in [2.45, 2.75) is 52.5 Å². The number of hydrogen-bond acceptors (Lipinski definition) is 3. The molecule has 1 aromatic rings. The highest BCUT2D eigenvalue weighted by atomic mass is 15.3. The summed E-state index contributed by atoms with van der Waals surface area (Å²) in [5.74, 6) is 1.95. The zero-order valence-corrected chi connectivity index (χ0v) is 11.0. The van der Waals surface area contributed by atoms with Crippen LogP contribution in [0.3, 0.4) is 0 Å². The average molecular weight is 236 g/mol. The van der Waals surface area contributed by atoms with Crippen molar-refractivity contribution < 1.29 is 0 Å². The van der Waals surface area contributed by atoms with Gasteiger partial charge in [-0.1, -0.05) is 26.2 Å². The molecule has 0 bridgehead atoms. The number of nitrogen functional groups attached to an aromatic ring is 1. The number of nitrogens with one attached hydrogen (secondary N) is 1. The van der Waals surface area contributed by atoms with Crippen LogP contribution in [0.1, 0.15) is 44.7 Å². The Balaban J connectivity index is 1.92. The first-order valence-corrected chi connectivity index (χ1v) is 6.79. The number of nitrogens with zero attached hydrogens (tertiary/aromatic N) is 2. The van der Waals surface area contributed by atoms with Gasteiger partial charge in [0.25, 0.3) is 0 Å². The highest BCUT2D eigenvalue weighted by molar-refractivity contribution is 5.64. The second-order valence-electron chi connectivity index (χ2n) is 5.08. The summed E-state index contributed by atoms with van der Waals surface area (Å²) < 4.78 is 2.01. The maximum atomic E-state index is 6.05. The van der Waals surface area contributed by atoms with E-state index >= 15 is 0 Å². The maximum absolute atomic E-state index is 6.05. The Hall–Kier alpha value is -1.19. The smallest absolute Gasteiger partial charge is 0.148 e. The van der Waals surface area contributed by atoms with Crippen molar-refractivity contribution in [1.82, 2.24) is 9.78 Å². The fourth-order valence-electron chi connectivity index (χ4n) is 2.33.